The third-order valence-electron chi connectivity index (χ3n) is 0.144. The average Bonchev–Trinajstić information content (AvgIpc) is 2.14. The molecule has 3 nitrogen and oxygen atoms in total. The molecule has 0 amide bonds. The van der Waals surface area contributed by atoms with E-state index in [-0.39, 0.29) is 0 Å². The average molecular weight is 253 g/mol. The van der Waals surface area contributed by atoms with Crippen molar-refractivity contribution in [2.24, 2.45) is 0 Å². The molecule has 0 radical (unpaired) electrons. The van der Waals surface area contributed by atoms with Gasteiger partial charge in [-0.3, -0.25) is 0 Å². The molecule has 0 saturated heterocycles. The minimum Gasteiger partial charge on any atom is -0.857 e. The van der Waals surface area contributed by atoms with E-state index in [9.17, 15) is 0 Å². The number of allylic oxidation sites excluding steroid dienone is 1. The van der Waals surface area contributed by atoms with Crippen molar-refractivity contribution in [3.8, 4) is 0 Å². The second kappa shape index (κ2) is 114. The van der Waals surface area contributed by atoms with Crippen molar-refractivity contribution in [2.45, 2.75) is 4.44 Å². The van der Waals surface area contributed by atoms with Crippen LogP contribution in [-0.2, 0) is 0 Å². The van der Waals surface area contributed by atoms with Crippen LogP contribution in [0.4, 0.5) is 0 Å². The molecule has 60 valence electrons. The van der Waals surface area contributed by atoms with Crippen LogP contribution in [-0.4, -0.2) is 43.9 Å². The number of rotatable bonds is 1. The summed E-state index contributed by atoms with van der Waals surface area (Å²) in [5.41, 5.74) is 0. The van der Waals surface area contributed by atoms with Crippen molar-refractivity contribution in [1.82, 2.24) is 0 Å². The quantitative estimate of drug-likeness (QED) is 0.389. The predicted molar refractivity (Wildman–Crippen MR) is 38.5 cm³/mol. The first-order valence-electron chi connectivity index (χ1n) is 2.39. The molecule has 0 aliphatic heterocycles. The van der Waals surface area contributed by atoms with Crippen molar-refractivity contribution in [2.75, 3.05) is 21.3 Å². The van der Waals surface area contributed by atoms with Crippen LogP contribution < -0.4 is 15.3 Å². The topological polar surface area (TPSA) is 69.2 Å². The molecule has 0 atom stereocenters. The molecule has 0 bridgehead atoms. The van der Waals surface area contributed by atoms with Crippen LogP contribution in [0.25, 0.3) is 0 Å². The summed E-state index contributed by atoms with van der Waals surface area (Å²) >= 11 is 1.55. The minimum atomic E-state index is 0.750. The van der Waals surface area contributed by atoms with Gasteiger partial charge < -0.3 is 15.3 Å². The van der Waals surface area contributed by atoms with E-state index in [0.717, 1.165) is 21.3 Å². The SMILES string of the molecule is C=C[CH2][Sn+3].C[O-].C[O-].C[O-]. The summed E-state index contributed by atoms with van der Waals surface area (Å²) in [6.07, 6.45) is 1.92. The normalized spacial score (nSPS) is 4.40. The molecule has 0 heterocycles. The van der Waals surface area contributed by atoms with Crippen LogP contribution in [0.5, 0.6) is 0 Å². The summed E-state index contributed by atoms with van der Waals surface area (Å²) in [6.45, 7) is 3.50. The molecule has 0 aliphatic rings. The Labute approximate surface area is 76.5 Å². The van der Waals surface area contributed by atoms with Crippen molar-refractivity contribution in [1.29, 1.82) is 0 Å². The van der Waals surface area contributed by atoms with Crippen molar-refractivity contribution < 1.29 is 15.3 Å². The Morgan fingerprint density at radius 2 is 1.20 bits per heavy atom. The Kier molecular flexibility index (Phi) is 256. The first kappa shape index (κ1) is 22.4. The van der Waals surface area contributed by atoms with E-state index < -0.39 is 0 Å². The molecule has 0 aromatic heterocycles. The largest absolute Gasteiger partial charge is 0.857 e. The molecule has 0 N–H and O–H groups in total. The molecule has 4 heteroatoms. The zero-order chi connectivity index (χ0) is 9.41. The van der Waals surface area contributed by atoms with Gasteiger partial charge in [-0.1, -0.05) is 0 Å². The number of hydrogen-bond acceptors (Lipinski definition) is 3. The van der Waals surface area contributed by atoms with Gasteiger partial charge in [0.1, 0.15) is 0 Å². The monoisotopic (exact) mass is 254 g/mol. The maximum absolute atomic E-state index is 8.25. The van der Waals surface area contributed by atoms with Gasteiger partial charge >= 0.3 is 39.6 Å². The van der Waals surface area contributed by atoms with Gasteiger partial charge in [0, 0.05) is 0 Å². The van der Waals surface area contributed by atoms with E-state index in [0.29, 0.717) is 0 Å². The fourth-order valence-electron chi connectivity index (χ4n) is 0. The predicted octanol–water partition coefficient (Wildman–Crippen LogP) is -2.31. The summed E-state index contributed by atoms with van der Waals surface area (Å²) < 4.78 is 1.17. The van der Waals surface area contributed by atoms with Gasteiger partial charge in [-0.05, 0) is 0 Å². The molecule has 0 unspecified atom stereocenters. The summed E-state index contributed by atoms with van der Waals surface area (Å²) in [7, 11) is 2.25. The Morgan fingerprint density at radius 3 is 1.20 bits per heavy atom. The molecular weight excluding hydrogens is 239 g/mol. The Morgan fingerprint density at radius 1 is 1.10 bits per heavy atom. The Bertz CT molecular complexity index is 27.0. The minimum absolute atomic E-state index is 0.750. The van der Waals surface area contributed by atoms with Gasteiger partial charge in [0.25, 0.3) is 0 Å². The summed E-state index contributed by atoms with van der Waals surface area (Å²) in [5.74, 6) is 0. The first-order chi connectivity index (χ1) is 4.91. The smallest absolute Gasteiger partial charge is 0.153 e. The summed E-state index contributed by atoms with van der Waals surface area (Å²) in [6, 6.07) is 0. The summed E-state index contributed by atoms with van der Waals surface area (Å²) in [5, 5.41) is 24.8. The summed E-state index contributed by atoms with van der Waals surface area (Å²) in [4.78, 5) is 0. The van der Waals surface area contributed by atoms with Gasteiger partial charge in [-0.25, -0.2) is 0 Å². The standard InChI is InChI=1S/C3H5.3CH3O.Sn/c1-3-2;3*1-2;/h3H,1-2H2;3*1H3;/q;3*-1;+3. The maximum Gasteiger partial charge on any atom is -0.153 e. The van der Waals surface area contributed by atoms with Crippen molar-refractivity contribution >= 4 is 22.5 Å². The van der Waals surface area contributed by atoms with Crippen LogP contribution >= 0.6 is 0 Å². The van der Waals surface area contributed by atoms with Crippen LogP contribution in [0.2, 0.25) is 4.44 Å². The molecule has 0 saturated carbocycles. The number of hydrogen-bond donors (Lipinski definition) is 0. The molecular formula is C6H14O3Sn. The molecule has 0 rings (SSSR count). The van der Waals surface area contributed by atoms with Crippen LogP contribution in [0.15, 0.2) is 12.7 Å². The maximum atomic E-state index is 8.25. The Balaban J connectivity index is -0.0000000262. The van der Waals surface area contributed by atoms with E-state index in [4.69, 9.17) is 15.3 Å². The van der Waals surface area contributed by atoms with Crippen LogP contribution in [0.3, 0.4) is 0 Å². The van der Waals surface area contributed by atoms with Gasteiger partial charge in [0.15, 0.2) is 0 Å². The molecule has 0 spiro atoms. The van der Waals surface area contributed by atoms with E-state index in [1.54, 1.807) is 22.5 Å². The van der Waals surface area contributed by atoms with E-state index in [1.165, 1.54) is 4.44 Å². The van der Waals surface area contributed by atoms with Gasteiger partial charge in [0.05, 0.1) is 0 Å². The second-order valence-electron chi connectivity index (χ2n) is 0.493. The van der Waals surface area contributed by atoms with E-state index in [1.807, 2.05) is 6.08 Å². The van der Waals surface area contributed by atoms with Crippen molar-refractivity contribution in [3.63, 3.8) is 0 Å². The zero-order valence-electron chi connectivity index (χ0n) is 6.72. The third-order valence-corrected chi connectivity index (χ3v) is 0.968. The molecule has 0 aliphatic carbocycles. The zero-order valence-corrected chi connectivity index (χ0v) is 9.57. The van der Waals surface area contributed by atoms with Crippen molar-refractivity contribution in [3.05, 3.63) is 12.7 Å². The molecule has 0 aromatic carbocycles. The van der Waals surface area contributed by atoms with Gasteiger partial charge in [-0.2, -0.15) is 21.3 Å². The Hall–Kier alpha value is 0.419. The van der Waals surface area contributed by atoms with E-state index in [2.05, 4.69) is 6.58 Å². The first-order valence-corrected chi connectivity index (χ1v) is 4.41. The van der Waals surface area contributed by atoms with Crippen LogP contribution in [0, 0.1) is 0 Å². The van der Waals surface area contributed by atoms with Gasteiger partial charge in [-0.15, -0.1) is 0 Å². The van der Waals surface area contributed by atoms with Gasteiger partial charge in [0.2, 0.25) is 0 Å². The fraction of sp³-hybridized carbons (Fsp3) is 0.667. The molecule has 10 heavy (non-hydrogen) atoms. The second-order valence-corrected chi connectivity index (χ2v) is 1.66. The van der Waals surface area contributed by atoms with E-state index >= 15 is 0 Å². The van der Waals surface area contributed by atoms with Crippen LogP contribution in [0.1, 0.15) is 0 Å². The molecule has 0 aromatic rings. The fourth-order valence-corrected chi connectivity index (χ4v) is 0. The molecule has 0 fully saturated rings. The third kappa shape index (κ3) is 230.